The fraction of sp³-hybridized carbons (Fsp3) is 0.600. The minimum atomic E-state index is 1.07. The van der Waals surface area contributed by atoms with Gasteiger partial charge in [0.1, 0.15) is 0 Å². The molecule has 0 heterocycles. The van der Waals surface area contributed by atoms with Crippen molar-refractivity contribution in [2.75, 3.05) is 0 Å². The summed E-state index contributed by atoms with van der Waals surface area (Å²) in [7, 11) is 0. The molecule has 0 aliphatic heterocycles. The van der Waals surface area contributed by atoms with Crippen LogP contribution in [0.3, 0.4) is 0 Å². The van der Waals surface area contributed by atoms with Crippen LogP contribution in [0.5, 0.6) is 0 Å². The fourth-order valence-electron chi connectivity index (χ4n) is 4.48. The zero-order valence-electron chi connectivity index (χ0n) is 19.7. The van der Waals surface area contributed by atoms with E-state index < -0.39 is 0 Å². The van der Waals surface area contributed by atoms with Crippen LogP contribution in [0.25, 0.3) is 0 Å². The van der Waals surface area contributed by atoms with Gasteiger partial charge in [-0.1, -0.05) is 151 Å². The lowest BCUT2D eigenvalue weighted by Crippen LogP contribution is -1.96. The lowest BCUT2D eigenvalue weighted by Gasteiger charge is -2.10. The Morgan fingerprint density at radius 1 is 0.433 bits per heavy atom. The highest BCUT2D eigenvalue weighted by Gasteiger charge is 2.03. The zero-order valence-corrected chi connectivity index (χ0v) is 19.7. The van der Waals surface area contributed by atoms with E-state index in [1.807, 2.05) is 0 Å². The summed E-state index contributed by atoms with van der Waals surface area (Å²) in [5, 5.41) is 0. The Morgan fingerprint density at radius 2 is 0.867 bits per heavy atom. The van der Waals surface area contributed by atoms with E-state index in [0.29, 0.717) is 0 Å². The third-order valence-electron chi connectivity index (χ3n) is 6.41. The molecule has 0 aliphatic carbocycles. The highest BCUT2D eigenvalue weighted by atomic mass is 14.1. The number of hydrogen-bond acceptors (Lipinski definition) is 0. The fourth-order valence-corrected chi connectivity index (χ4v) is 4.48. The summed E-state index contributed by atoms with van der Waals surface area (Å²) in [4.78, 5) is 0. The minimum absolute atomic E-state index is 1.07. The van der Waals surface area contributed by atoms with Crippen LogP contribution in [0.4, 0.5) is 0 Å². The second-order valence-electron chi connectivity index (χ2n) is 9.13. The molecule has 0 atom stereocenters. The molecule has 0 amide bonds. The smallest absolute Gasteiger partial charge is 0.00230 e. The molecule has 0 fully saturated rings. The second-order valence-corrected chi connectivity index (χ2v) is 9.13. The van der Waals surface area contributed by atoms with Crippen molar-refractivity contribution in [3.8, 4) is 0 Å². The van der Waals surface area contributed by atoms with Crippen LogP contribution in [0.2, 0.25) is 0 Å². The van der Waals surface area contributed by atoms with Gasteiger partial charge in [-0.25, -0.2) is 0 Å². The zero-order chi connectivity index (χ0) is 21.1. The van der Waals surface area contributed by atoms with Crippen molar-refractivity contribution in [2.45, 2.75) is 116 Å². The van der Waals surface area contributed by atoms with Crippen LogP contribution < -0.4 is 0 Å². The van der Waals surface area contributed by atoms with Gasteiger partial charge < -0.3 is 0 Å². The lowest BCUT2D eigenvalue weighted by molar-refractivity contribution is 0.532. The molecule has 0 radical (unpaired) electrons. The summed E-state index contributed by atoms with van der Waals surface area (Å²) in [5.41, 5.74) is 4.48. The largest absolute Gasteiger partial charge is 0.0654 e. The quantitative estimate of drug-likeness (QED) is 0.216. The molecule has 2 rings (SSSR count). The summed E-state index contributed by atoms with van der Waals surface area (Å²) >= 11 is 0. The van der Waals surface area contributed by atoms with Gasteiger partial charge in [-0.05, 0) is 36.0 Å². The van der Waals surface area contributed by atoms with Gasteiger partial charge in [0.15, 0.2) is 0 Å². The number of benzene rings is 2. The van der Waals surface area contributed by atoms with Crippen molar-refractivity contribution in [1.82, 2.24) is 0 Å². The molecular weight excluding hydrogens is 360 g/mol. The number of aryl methyl sites for hydroxylation is 1. The summed E-state index contributed by atoms with van der Waals surface area (Å²) in [6.07, 6.45) is 23.8. The second kappa shape index (κ2) is 17.2. The molecule has 0 N–H and O–H groups in total. The Kier molecular flexibility index (Phi) is 14.1. The first-order valence-corrected chi connectivity index (χ1v) is 13.0. The Bertz CT molecular complexity index is 627. The molecule has 2 aromatic carbocycles. The molecule has 0 saturated heterocycles. The molecule has 0 spiro atoms. The third-order valence-corrected chi connectivity index (χ3v) is 6.41. The van der Waals surface area contributed by atoms with Crippen molar-refractivity contribution < 1.29 is 0 Å². The molecule has 0 unspecified atom stereocenters. The van der Waals surface area contributed by atoms with E-state index in [0.717, 1.165) is 6.42 Å². The van der Waals surface area contributed by atoms with Crippen molar-refractivity contribution in [3.05, 3.63) is 71.3 Å². The first-order valence-electron chi connectivity index (χ1n) is 13.0. The van der Waals surface area contributed by atoms with Gasteiger partial charge in [0.2, 0.25) is 0 Å². The average molecular weight is 407 g/mol. The van der Waals surface area contributed by atoms with Gasteiger partial charge in [-0.15, -0.1) is 0 Å². The molecule has 0 saturated carbocycles. The van der Waals surface area contributed by atoms with E-state index in [1.165, 1.54) is 114 Å². The Labute approximate surface area is 187 Å². The van der Waals surface area contributed by atoms with E-state index in [-0.39, 0.29) is 0 Å². The highest BCUT2D eigenvalue weighted by molar-refractivity contribution is 5.32. The Balaban J connectivity index is 1.45. The van der Waals surface area contributed by atoms with Gasteiger partial charge in [-0.3, -0.25) is 0 Å². The average Bonchev–Trinajstić information content (AvgIpc) is 2.78. The Hall–Kier alpha value is -1.56. The number of unbranched alkanes of at least 4 members (excludes halogenated alkanes) is 14. The van der Waals surface area contributed by atoms with Crippen LogP contribution in [0.1, 0.15) is 120 Å². The van der Waals surface area contributed by atoms with Crippen LogP contribution in [-0.2, 0) is 12.8 Å². The first kappa shape index (κ1) is 24.7. The van der Waals surface area contributed by atoms with Crippen molar-refractivity contribution in [3.63, 3.8) is 0 Å². The van der Waals surface area contributed by atoms with Crippen molar-refractivity contribution in [2.24, 2.45) is 0 Å². The summed E-state index contributed by atoms with van der Waals surface area (Å²) < 4.78 is 0. The van der Waals surface area contributed by atoms with Gasteiger partial charge in [0.25, 0.3) is 0 Å². The van der Waals surface area contributed by atoms with E-state index >= 15 is 0 Å². The Morgan fingerprint density at radius 3 is 1.40 bits per heavy atom. The van der Waals surface area contributed by atoms with Crippen LogP contribution >= 0.6 is 0 Å². The normalized spacial score (nSPS) is 11.1. The SMILES string of the molecule is CCCCCCCCCCCCCCCCCc1ccccc1Cc1ccccc1. The van der Waals surface area contributed by atoms with E-state index in [4.69, 9.17) is 0 Å². The monoisotopic (exact) mass is 406 g/mol. The highest BCUT2D eigenvalue weighted by Crippen LogP contribution is 2.18. The van der Waals surface area contributed by atoms with Gasteiger partial charge in [-0.2, -0.15) is 0 Å². The molecule has 0 aliphatic rings. The molecule has 0 aromatic heterocycles. The first-order chi connectivity index (χ1) is 14.9. The molecule has 0 heteroatoms. The minimum Gasteiger partial charge on any atom is -0.0654 e. The van der Waals surface area contributed by atoms with Crippen LogP contribution in [0.15, 0.2) is 54.6 Å². The maximum atomic E-state index is 2.34. The van der Waals surface area contributed by atoms with Crippen molar-refractivity contribution >= 4 is 0 Å². The lowest BCUT2D eigenvalue weighted by atomic mass is 9.96. The summed E-state index contributed by atoms with van der Waals surface area (Å²) in [6.45, 7) is 2.30. The van der Waals surface area contributed by atoms with Crippen LogP contribution in [-0.4, -0.2) is 0 Å². The summed E-state index contributed by atoms with van der Waals surface area (Å²) in [5.74, 6) is 0. The molecule has 30 heavy (non-hydrogen) atoms. The predicted octanol–water partition coefficient (Wildman–Crippen LogP) is 9.69. The van der Waals surface area contributed by atoms with E-state index in [9.17, 15) is 0 Å². The maximum absolute atomic E-state index is 2.34. The summed E-state index contributed by atoms with van der Waals surface area (Å²) in [6, 6.07) is 19.9. The van der Waals surface area contributed by atoms with E-state index in [2.05, 4.69) is 61.5 Å². The number of rotatable bonds is 18. The van der Waals surface area contributed by atoms with Gasteiger partial charge in [0.05, 0.1) is 0 Å². The van der Waals surface area contributed by atoms with Crippen LogP contribution in [0, 0.1) is 0 Å². The van der Waals surface area contributed by atoms with E-state index in [1.54, 1.807) is 5.56 Å². The molecule has 2 aromatic rings. The molecular formula is C30H46. The molecule has 166 valence electrons. The van der Waals surface area contributed by atoms with Crippen molar-refractivity contribution in [1.29, 1.82) is 0 Å². The topological polar surface area (TPSA) is 0 Å². The van der Waals surface area contributed by atoms with Gasteiger partial charge in [0, 0.05) is 0 Å². The molecule has 0 bridgehead atoms. The standard InChI is InChI=1S/C30H46/c1-2-3-4-5-6-7-8-9-10-11-12-13-14-15-19-24-29-25-20-21-26-30(29)27-28-22-17-16-18-23-28/h16-18,20-23,25-26H,2-15,19,24,27H2,1H3. The predicted molar refractivity (Wildman–Crippen MR) is 134 cm³/mol. The number of hydrogen-bond donors (Lipinski definition) is 0. The molecule has 0 nitrogen and oxygen atoms in total. The van der Waals surface area contributed by atoms with Gasteiger partial charge >= 0.3 is 0 Å². The maximum Gasteiger partial charge on any atom is -0.00230 e. The third kappa shape index (κ3) is 11.6.